The highest BCUT2D eigenvalue weighted by Gasteiger charge is 2.20. The molecule has 1 fully saturated rings. The van der Waals surface area contributed by atoms with Gasteiger partial charge in [-0.2, -0.15) is 0 Å². The molecular formula is C20H21N5O3. The maximum atomic E-state index is 12.6. The van der Waals surface area contributed by atoms with Gasteiger partial charge in [0.25, 0.3) is 5.91 Å². The lowest BCUT2D eigenvalue weighted by atomic mass is 10.2. The van der Waals surface area contributed by atoms with Crippen LogP contribution in [0.4, 0.5) is 0 Å². The Bertz CT molecular complexity index is 1010. The Hall–Kier alpha value is -3.42. The van der Waals surface area contributed by atoms with Crippen molar-refractivity contribution in [2.75, 3.05) is 26.7 Å². The van der Waals surface area contributed by atoms with Crippen LogP contribution in [0.25, 0.3) is 22.6 Å². The van der Waals surface area contributed by atoms with Gasteiger partial charge in [-0.05, 0) is 43.2 Å². The normalized spacial score (nSPS) is 13.7. The van der Waals surface area contributed by atoms with Crippen LogP contribution in [0.15, 0.2) is 36.5 Å². The molecule has 2 amide bonds. The second kappa shape index (κ2) is 7.67. The number of hydrogen-bond donors (Lipinski definition) is 2. The minimum atomic E-state index is -0.329. The van der Waals surface area contributed by atoms with Crippen molar-refractivity contribution in [2.45, 2.75) is 12.8 Å². The molecule has 0 spiro atoms. The van der Waals surface area contributed by atoms with Gasteiger partial charge < -0.3 is 19.9 Å². The first-order chi connectivity index (χ1) is 13.7. The lowest BCUT2D eigenvalue weighted by molar-refractivity contribution is -0.129. The lowest BCUT2D eigenvalue weighted by Gasteiger charge is -2.15. The third-order valence-electron chi connectivity index (χ3n) is 4.86. The van der Waals surface area contributed by atoms with Gasteiger partial charge in [0, 0.05) is 24.8 Å². The molecule has 2 N–H and O–H groups in total. The number of amides is 2. The second-order valence-corrected chi connectivity index (χ2v) is 6.64. The molecule has 3 heterocycles. The summed E-state index contributed by atoms with van der Waals surface area (Å²) in [5, 5.41) is 2.71. The van der Waals surface area contributed by atoms with E-state index in [9.17, 15) is 9.59 Å². The summed E-state index contributed by atoms with van der Waals surface area (Å²) in [5.74, 6) is 0.976. The Balaban J connectivity index is 1.54. The summed E-state index contributed by atoms with van der Waals surface area (Å²) in [5.41, 5.74) is 2.25. The summed E-state index contributed by atoms with van der Waals surface area (Å²) in [7, 11) is 1.61. The number of methoxy groups -OCH3 is 1. The summed E-state index contributed by atoms with van der Waals surface area (Å²) < 4.78 is 5.17. The van der Waals surface area contributed by atoms with E-state index in [2.05, 4.69) is 20.3 Å². The molecule has 2 aromatic heterocycles. The zero-order chi connectivity index (χ0) is 19.5. The number of benzene rings is 1. The zero-order valence-electron chi connectivity index (χ0n) is 15.6. The predicted molar refractivity (Wildman–Crippen MR) is 104 cm³/mol. The minimum absolute atomic E-state index is 0.0118. The van der Waals surface area contributed by atoms with Crippen molar-refractivity contribution < 1.29 is 14.3 Å². The molecule has 0 aliphatic carbocycles. The molecule has 1 aromatic carbocycles. The van der Waals surface area contributed by atoms with Crippen LogP contribution in [-0.2, 0) is 4.79 Å². The number of aromatic nitrogens is 3. The molecule has 144 valence electrons. The van der Waals surface area contributed by atoms with Gasteiger partial charge >= 0.3 is 0 Å². The van der Waals surface area contributed by atoms with Crippen LogP contribution >= 0.6 is 0 Å². The first-order valence-electron chi connectivity index (χ1n) is 9.21. The van der Waals surface area contributed by atoms with Gasteiger partial charge in [-0.25, -0.2) is 9.97 Å². The molecule has 0 atom stereocenters. The SMILES string of the molecule is COc1ccc(-c2nc3nccc(C(=O)NCC(=O)N4CCCC4)c3[nH]2)cc1. The van der Waals surface area contributed by atoms with Crippen LogP contribution in [0, 0.1) is 0 Å². The molecule has 1 saturated heterocycles. The molecule has 0 saturated carbocycles. The average Bonchev–Trinajstić information content (AvgIpc) is 3.41. The number of ether oxygens (including phenoxy) is 1. The smallest absolute Gasteiger partial charge is 0.254 e. The van der Waals surface area contributed by atoms with Crippen LogP contribution in [0.5, 0.6) is 5.75 Å². The number of pyridine rings is 1. The largest absolute Gasteiger partial charge is 0.497 e. The van der Waals surface area contributed by atoms with Gasteiger partial charge in [0.05, 0.1) is 24.7 Å². The van der Waals surface area contributed by atoms with E-state index < -0.39 is 0 Å². The van der Waals surface area contributed by atoms with Crippen molar-refractivity contribution in [3.05, 3.63) is 42.1 Å². The van der Waals surface area contributed by atoms with Crippen molar-refractivity contribution in [1.29, 1.82) is 0 Å². The van der Waals surface area contributed by atoms with Crippen molar-refractivity contribution in [2.24, 2.45) is 0 Å². The number of nitrogens with one attached hydrogen (secondary N) is 2. The van der Waals surface area contributed by atoms with Crippen molar-refractivity contribution in [3.63, 3.8) is 0 Å². The number of fused-ring (bicyclic) bond motifs is 1. The third kappa shape index (κ3) is 3.53. The van der Waals surface area contributed by atoms with E-state index in [-0.39, 0.29) is 18.4 Å². The number of aromatic amines is 1. The highest BCUT2D eigenvalue weighted by atomic mass is 16.5. The van der Waals surface area contributed by atoms with Gasteiger partial charge in [-0.3, -0.25) is 9.59 Å². The topological polar surface area (TPSA) is 100 Å². The first kappa shape index (κ1) is 18.0. The van der Waals surface area contributed by atoms with E-state index in [1.165, 1.54) is 6.20 Å². The van der Waals surface area contributed by atoms with Gasteiger partial charge in [-0.15, -0.1) is 0 Å². The van der Waals surface area contributed by atoms with Crippen LogP contribution < -0.4 is 10.1 Å². The third-order valence-corrected chi connectivity index (χ3v) is 4.86. The van der Waals surface area contributed by atoms with E-state index >= 15 is 0 Å². The van der Waals surface area contributed by atoms with Gasteiger partial charge in [-0.1, -0.05) is 0 Å². The molecule has 0 bridgehead atoms. The molecule has 1 aliphatic rings. The number of rotatable bonds is 5. The molecule has 0 radical (unpaired) electrons. The molecule has 28 heavy (non-hydrogen) atoms. The number of likely N-dealkylation sites (tertiary alicyclic amines) is 1. The Morgan fingerprint density at radius 2 is 1.93 bits per heavy atom. The Kier molecular flexibility index (Phi) is 4.92. The molecule has 3 aromatic rings. The first-order valence-corrected chi connectivity index (χ1v) is 9.21. The fraction of sp³-hybridized carbons (Fsp3) is 0.300. The molecule has 1 aliphatic heterocycles. The van der Waals surface area contributed by atoms with Gasteiger partial charge in [0.15, 0.2) is 5.65 Å². The number of carbonyl (C=O) groups excluding carboxylic acids is 2. The van der Waals surface area contributed by atoms with Gasteiger partial charge in [0.1, 0.15) is 11.6 Å². The molecule has 0 unspecified atom stereocenters. The van der Waals surface area contributed by atoms with Crippen LogP contribution in [-0.4, -0.2) is 58.4 Å². The van der Waals surface area contributed by atoms with E-state index in [1.807, 2.05) is 24.3 Å². The van der Waals surface area contributed by atoms with Crippen molar-refractivity contribution in [1.82, 2.24) is 25.2 Å². The quantitative estimate of drug-likeness (QED) is 0.706. The number of carbonyl (C=O) groups is 2. The van der Waals surface area contributed by atoms with Crippen molar-refractivity contribution >= 4 is 23.0 Å². The maximum absolute atomic E-state index is 12.6. The van der Waals surface area contributed by atoms with E-state index in [0.29, 0.717) is 22.6 Å². The monoisotopic (exact) mass is 379 g/mol. The van der Waals surface area contributed by atoms with Crippen LogP contribution in [0.1, 0.15) is 23.2 Å². The second-order valence-electron chi connectivity index (χ2n) is 6.64. The molecule has 4 rings (SSSR count). The van der Waals surface area contributed by atoms with Crippen molar-refractivity contribution in [3.8, 4) is 17.1 Å². The number of nitrogens with zero attached hydrogens (tertiary/aromatic N) is 3. The maximum Gasteiger partial charge on any atom is 0.254 e. The summed E-state index contributed by atoms with van der Waals surface area (Å²) in [6.07, 6.45) is 3.58. The minimum Gasteiger partial charge on any atom is -0.497 e. The average molecular weight is 379 g/mol. The van der Waals surface area contributed by atoms with E-state index in [1.54, 1.807) is 18.1 Å². The summed E-state index contributed by atoms with van der Waals surface area (Å²) in [6.45, 7) is 1.52. The Morgan fingerprint density at radius 3 is 2.64 bits per heavy atom. The fourth-order valence-electron chi connectivity index (χ4n) is 3.32. The predicted octanol–water partition coefficient (Wildman–Crippen LogP) is 1.99. The van der Waals surface area contributed by atoms with E-state index in [4.69, 9.17) is 4.74 Å². The van der Waals surface area contributed by atoms with Crippen LogP contribution in [0.3, 0.4) is 0 Å². The number of imidazole rings is 1. The summed E-state index contributed by atoms with van der Waals surface area (Å²) in [4.78, 5) is 38.5. The lowest BCUT2D eigenvalue weighted by Crippen LogP contribution is -2.38. The van der Waals surface area contributed by atoms with E-state index in [0.717, 1.165) is 37.2 Å². The molecule has 8 heteroatoms. The van der Waals surface area contributed by atoms with Crippen LogP contribution in [0.2, 0.25) is 0 Å². The Morgan fingerprint density at radius 1 is 1.18 bits per heavy atom. The highest BCUT2D eigenvalue weighted by molar-refractivity contribution is 6.05. The number of H-pyrrole nitrogens is 1. The molecular weight excluding hydrogens is 358 g/mol. The number of hydrogen-bond acceptors (Lipinski definition) is 5. The Labute approximate surface area is 161 Å². The standard InChI is InChI=1S/C20H21N5O3/c1-28-14-6-4-13(5-7-14)18-23-17-15(8-9-21-19(17)24-18)20(27)22-12-16(26)25-10-2-3-11-25/h4-9H,2-3,10-12H2,1H3,(H,22,27)(H,21,23,24). The summed E-state index contributed by atoms with van der Waals surface area (Å²) >= 11 is 0. The van der Waals surface area contributed by atoms with Gasteiger partial charge in [0.2, 0.25) is 5.91 Å². The zero-order valence-corrected chi connectivity index (χ0v) is 15.6. The fourth-order valence-corrected chi connectivity index (χ4v) is 3.32. The highest BCUT2D eigenvalue weighted by Crippen LogP contribution is 2.23. The summed E-state index contributed by atoms with van der Waals surface area (Å²) in [6, 6.07) is 9.06. The molecule has 8 nitrogen and oxygen atoms in total.